The first kappa shape index (κ1) is 16.5. The number of nitrogens with two attached hydrogens (primary N) is 1. The van der Waals surface area contributed by atoms with E-state index in [1.165, 1.54) is 6.07 Å². The maximum atomic E-state index is 12.0. The average Bonchev–Trinajstić information content (AvgIpc) is 2.36. The fourth-order valence-corrected chi connectivity index (χ4v) is 2.04. The number of amides is 2. The van der Waals surface area contributed by atoms with Gasteiger partial charge in [0.15, 0.2) is 0 Å². The summed E-state index contributed by atoms with van der Waals surface area (Å²) in [5.41, 5.74) is 5.10. The summed E-state index contributed by atoms with van der Waals surface area (Å²) in [6.45, 7) is 0. The van der Waals surface area contributed by atoms with Crippen LogP contribution in [-0.2, 0) is 9.59 Å². The van der Waals surface area contributed by atoms with E-state index in [9.17, 15) is 14.4 Å². The minimum absolute atomic E-state index is 0.0813. The second-order valence-electron chi connectivity index (χ2n) is 3.97. The van der Waals surface area contributed by atoms with Crippen molar-refractivity contribution in [1.82, 2.24) is 5.32 Å². The molecule has 0 aliphatic heterocycles. The maximum absolute atomic E-state index is 12.0. The molecule has 0 radical (unpaired) electrons. The van der Waals surface area contributed by atoms with Crippen LogP contribution in [0.25, 0.3) is 0 Å². The zero-order valence-corrected chi connectivity index (χ0v) is 12.6. The van der Waals surface area contributed by atoms with Crippen molar-refractivity contribution in [1.29, 1.82) is 0 Å². The summed E-state index contributed by atoms with van der Waals surface area (Å²) in [5, 5.41) is 11.5. The predicted molar refractivity (Wildman–Crippen MR) is 76.5 cm³/mol. The summed E-state index contributed by atoms with van der Waals surface area (Å²) in [6.07, 6.45) is -0.217. The molecule has 0 bridgehead atoms. The summed E-state index contributed by atoms with van der Waals surface area (Å²) in [6, 6.07) is 3.52. The molecule has 1 unspecified atom stereocenters. The third-order valence-corrected chi connectivity index (χ3v) is 3.78. The van der Waals surface area contributed by atoms with Crippen LogP contribution in [0.5, 0.6) is 0 Å². The zero-order valence-electron chi connectivity index (χ0n) is 10.2. The lowest BCUT2D eigenvalue weighted by molar-refractivity contribution is -0.139. The highest BCUT2D eigenvalue weighted by Gasteiger charge is 2.22. The molecule has 6 nitrogen and oxygen atoms in total. The third kappa shape index (κ3) is 4.50. The molecule has 4 N–H and O–H groups in total. The highest BCUT2D eigenvalue weighted by atomic mass is 79.9. The molecule has 0 fully saturated rings. The van der Waals surface area contributed by atoms with Crippen LogP contribution in [-0.4, -0.2) is 28.9 Å². The number of nitrogens with one attached hydrogen (secondary N) is 1. The van der Waals surface area contributed by atoms with Crippen molar-refractivity contribution in [3.63, 3.8) is 0 Å². The fourth-order valence-electron chi connectivity index (χ4n) is 1.46. The van der Waals surface area contributed by atoms with Gasteiger partial charge in [0.2, 0.25) is 5.91 Å². The maximum Gasteiger partial charge on any atom is 0.326 e. The molecule has 0 aliphatic carbocycles. The molecule has 1 rings (SSSR count). The molecule has 0 aliphatic rings. The second kappa shape index (κ2) is 7.25. The van der Waals surface area contributed by atoms with Gasteiger partial charge in [0.05, 0.1) is 10.6 Å². The van der Waals surface area contributed by atoms with Crippen LogP contribution in [0.4, 0.5) is 0 Å². The monoisotopic (exact) mass is 362 g/mol. The Morgan fingerprint density at radius 3 is 2.60 bits per heavy atom. The van der Waals surface area contributed by atoms with Crippen LogP contribution in [0, 0.1) is 0 Å². The molecular formula is C12H12BrClN2O4. The first-order valence-corrected chi connectivity index (χ1v) is 6.76. The van der Waals surface area contributed by atoms with Gasteiger partial charge in [0.25, 0.3) is 5.91 Å². The Kier molecular flexibility index (Phi) is 5.97. The van der Waals surface area contributed by atoms with E-state index in [0.717, 1.165) is 0 Å². The molecule has 20 heavy (non-hydrogen) atoms. The molecular weight excluding hydrogens is 351 g/mol. The van der Waals surface area contributed by atoms with Gasteiger partial charge in [-0.15, -0.1) is 0 Å². The molecule has 1 aromatic rings. The standard InChI is InChI=1S/C12H12BrClN2O4/c13-7-3-1-2-6(10(7)14)11(18)16-8(12(19)20)4-5-9(15)17/h1-3,8H,4-5H2,(H2,15,17)(H,16,18)(H,19,20). The van der Waals surface area contributed by atoms with Gasteiger partial charge in [0, 0.05) is 10.9 Å². The lowest BCUT2D eigenvalue weighted by Crippen LogP contribution is -2.41. The van der Waals surface area contributed by atoms with Crippen LogP contribution in [0.15, 0.2) is 22.7 Å². The Morgan fingerprint density at radius 1 is 1.40 bits per heavy atom. The Bertz CT molecular complexity index is 550. The van der Waals surface area contributed by atoms with E-state index in [0.29, 0.717) is 4.47 Å². The number of benzene rings is 1. The molecule has 0 saturated carbocycles. The Labute approximate surface area is 128 Å². The van der Waals surface area contributed by atoms with E-state index in [4.69, 9.17) is 22.4 Å². The zero-order chi connectivity index (χ0) is 15.3. The van der Waals surface area contributed by atoms with E-state index >= 15 is 0 Å². The Balaban J connectivity index is 2.83. The normalized spacial score (nSPS) is 11.7. The van der Waals surface area contributed by atoms with E-state index < -0.39 is 23.8 Å². The van der Waals surface area contributed by atoms with E-state index in [2.05, 4.69) is 21.2 Å². The van der Waals surface area contributed by atoms with Crippen molar-refractivity contribution < 1.29 is 19.5 Å². The summed E-state index contributed by atoms with van der Waals surface area (Å²) >= 11 is 9.12. The molecule has 0 aromatic heterocycles. The van der Waals surface area contributed by atoms with Crippen LogP contribution in [0.2, 0.25) is 5.02 Å². The van der Waals surface area contributed by atoms with Gasteiger partial charge in [-0.25, -0.2) is 4.79 Å². The number of hydrogen-bond acceptors (Lipinski definition) is 3. The Morgan fingerprint density at radius 2 is 2.05 bits per heavy atom. The highest BCUT2D eigenvalue weighted by molar-refractivity contribution is 9.10. The number of carboxylic acid groups (broad SMARTS) is 1. The summed E-state index contributed by atoms with van der Waals surface area (Å²) in [5.74, 6) is -2.51. The van der Waals surface area contributed by atoms with Crippen LogP contribution in [0.1, 0.15) is 23.2 Å². The van der Waals surface area contributed by atoms with Gasteiger partial charge < -0.3 is 16.2 Å². The van der Waals surface area contributed by atoms with Gasteiger partial charge >= 0.3 is 5.97 Å². The number of primary amides is 1. The molecule has 0 saturated heterocycles. The molecule has 108 valence electrons. The largest absolute Gasteiger partial charge is 0.480 e. The number of aliphatic carboxylic acids is 1. The minimum Gasteiger partial charge on any atom is -0.480 e. The van der Waals surface area contributed by atoms with Gasteiger partial charge in [0.1, 0.15) is 6.04 Å². The molecule has 0 spiro atoms. The molecule has 8 heteroatoms. The second-order valence-corrected chi connectivity index (χ2v) is 5.20. The number of rotatable bonds is 6. The van der Waals surface area contributed by atoms with Crippen LogP contribution in [0.3, 0.4) is 0 Å². The van der Waals surface area contributed by atoms with Gasteiger partial charge in [-0.3, -0.25) is 9.59 Å². The SMILES string of the molecule is NC(=O)CCC(NC(=O)c1cccc(Br)c1Cl)C(=O)O. The topological polar surface area (TPSA) is 109 Å². The van der Waals surface area contributed by atoms with Crippen molar-refractivity contribution in [2.45, 2.75) is 18.9 Å². The lowest BCUT2D eigenvalue weighted by Gasteiger charge is -2.14. The van der Waals surface area contributed by atoms with Crippen molar-refractivity contribution in [3.05, 3.63) is 33.3 Å². The quantitative estimate of drug-likeness (QED) is 0.712. The highest BCUT2D eigenvalue weighted by Crippen LogP contribution is 2.25. The van der Waals surface area contributed by atoms with E-state index in [1.54, 1.807) is 12.1 Å². The smallest absolute Gasteiger partial charge is 0.326 e. The van der Waals surface area contributed by atoms with Crippen molar-refractivity contribution in [2.75, 3.05) is 0 Å². The van der Waals surface area contributed by atoms with E-state index in [-0.39, 0.29) is 23.4 Å². The lowest BCUT2D eigenvalue weighted by atomic mass is 10.1. The number of carbonyl (C=O) groups is 3. The summed E-state index contributed by atoms with van der Waals surface area (Å²) in [7, 11) is 0. The van der Waals surface area contributed by atoms with Gasteiger partial charge in [-0.2, -0.15) is 0 Å². The van der Waals surface area contributed by atoms with Crippen molar-refractivity contribution in [3.8, 4) is 0 Å². The summed E-state index contributed by atoms with van der Waals surface area (Å²) < 4.78 is 0.524. The first-order valence-electron chi connectivity index (χ1n) is 5.59. The number of halogens is 2. The molecule has 1 aromatic carbocycles. The van der Waals surface area contributed by atoms with Crippen LogP contribution >= 0.6 is 27.5 Å². The summed E-state index contributed by atoms with van der Waals surface area (Å²) in [4.78, 5) is 33.7. The number of hydrogen-bond donors (Lipinski definition) is 3. The molecule has 2 amide bonds. The van der Waals surface area contributed by atoms with E-state index in [1.807, 2.05) is 0 Å². The minimum atomic E-state index is -1.24. The first-order chi connectivity index (χ1) is 9.32. The fraction of sp³-hybridized carbons (Fsp3) is 0.250. The average molecular weight is 364 g/mol. The van der Waals surface area contributed by atoms with Crippen LogP contribution < -0.4 is 11.1 Å². The third-order valence-electron chi connectivity index (χ3n) is 2.48. The number of carbonyl (C=O) groups excluding carboxylic acids is 2. The number of carboxylic acids is 1. The Hall–Kier alpha value is -1.60. The predicted octanol–water partition coefficient (Wildman–Crippen LogP) is 1.55. The molecule has 0 heterocycles. The van der Waals surface area contributed by atoms with Crippen molar-refractivity contribution in [2.24, 2.45) is 5.73 Å². The van der Waals surface area contributed by atoms with Gasteiger partial charge in [-0.1, -0.05) is 17.7 Å². The molecule has 1 atom stereocenters. The van der Waals surface area contributed by atoms with Crippen molar-refractivity contribution >= 4 is 45.3 Å². The van der Waals surface area contributed by atoms with Gasteiger partial charge in [-0.05, 0) is 34.5 Å².